The second-order valence-corrected chi connectivity index (χ2v) is 7.29. The van der Waals surface area contributed by atoms with Crippen LogP contribution in [0.2, 0.25) is 0 Å². The molecule has 0 saturated heterocycles. The Hall–Kier alpha value is -2.22. The molecule has 1 atom stereocenters. The van der Waals surface area contributed by atoms with Crippen LogP contribution in [-0.2, 0) is 17.9 Å². The van der Waals surface area contributed by atoms with E-state index in [-0.39, 0.29) is 18.0 Å². The highest BCUT2D eigenvalue weighted by molar-refractivity contribution is 5.93. The van der Waals surface area contributed by atoms with Gasteiger partial charge in [0.15, 0.2) is 0 Å². The lowest BCUT2D eigenvalue weighted by Gasteiger charge is -2.32. The van der Waals surface area contributed by atoms with Gasteiger partial charge in [0, 0.05) is 31.1 Å². The molecule has 0 aromatic carbocycles. The SMILES string of the molecule is CC(C)n1nccc1NC(=O)[C@@H](C)N1CCn2c(nnc2C2CC2)C1. The van der Waals surface area contributed by atoms with E-state index in [0.717, 1.165) is 30.6 Å². The summed E-state index contributed by atoms with van der Waals surface area (Å²) >= 11 is 0. The maximum Gasteiger partial charge on any atom is 0.242 e. The highest BCUT2D eigenvalue weighted by atomic mass is 16.2. The number of nitrogens with one attached hydrogen (secondary N) is 1. The third kappa shape index (κ3) is 3.06. The second-order valence-electron chi connectivity index (χ2n) is 7.29. The van der Waals surface area contributed by atoms with Crippen molar-refractivity contribution in [3.05, 3.63) is 23.9 Å². The van der Waals surface area contributed by atoms with Crippen LogP contribution in [0.4, 0.5) is 5.82 Å². The summed E-state index contributed by atoms with van der Waals surface area (Å²) < 4.78 is 4.06. The first-order valence-electron chi connectivity index (χ1n) is 9.05. The van der Waals surface area contributed by atoms with E-state index in [9.17, 15) is 4.79 Å². The van der Waals surface area contributed by atoms with Crippen LogP contribution in [0, 0.1) is 0 Å². The molecule has 25 heavy (non-hydrogen) atoms. The average Bonchev–Trinajstić information content (AvgIpc) is 3.18. The molecule has 8 heteroatoms. The lowest BCUT2D eigenvalue weighted by Crippen LogP contribution is -2.46. The standard InChI is InChI=1S/C17H25N7O/c1-11(2)24-14(6-7-18-24)19-17(25)12(3)22-8-9-23-15(10-22)20-21-16(23)13-4-5-13/h6-7,11-13H,4-5,8-10H2,1-3H3,(H,19,25)/t12-/m1/s1. The Morgan fingerprint density at radius 3 is 2.76 bits per heavy atom. The minimum atomic E-state index is -0.231. The van der Waals surface area contributed by atoms with Crippen molar-refractivity contribution in [2.24, 2.45) is 0 Å². The number of carbonyl (C=O) groups excluding carboxylic acids is 1. The van der Waals surface area contributed by atoms with E-state index >= 15 is 0 Å². The first-order chi connectivity index (χ1) is 12.0. The Labute approximate surface area is 147 Å². The maximum absolute atomic E-state index is 12.7. The number of aromatic nitrogens is 5. The summed E-state index contributed by atoms with van der Waals surface area (Å²) in [5.41, 5.74) is 0. The van der Waals surface area contributed by atoms with Gasteiger partial charge in [0.2, 0.25) is 5.91 Å². The first-order valence-corrected chi connectivity index (χ1v) is 9.05. The second kappa shape index (κ2) is 6.25. The molecular formula is C17H25N7O. The molecule has 1 fully saturated rings. The molecule has 2 aromatic rings. The first kappa shape index (κ1) is 16.3. The van der Waals surface area contributed by atoms with Crippen LogP contribution < -0.4 is 5.32 Å². The van der Waals surface area contributed by atoms with Crippen LogP contribution in [-0.4, -0.2) is 47.9 Å². The van der Waals surface area contributed by atoms with Crippen molar-refractivity contribution in [3.8, 4) is 0 Å². The van der Waals surface area contributed by atoms with Gasteiger partial charge in [0.05, 0.1) is 18.8 Å². The molecule has 1 aliphatic heterocycles. The molecule has 1 N–H and O–H groups in total. The zero-order valence-corrected chi connectivity index (χ0v) is 15.0. The molecule has 1 amide bonds. The van der Waals surface area contributed by atoms with E-state index in [2.05, 4.69) is 30.1 Å². The number of fused-ring (bicyclic) bond motifs is 1. The molecule has 2 aliphatic rings. The monoisotopic (exact) mass is 343 g/mol. The van der Waals surface area contributed by atoms with Crippen molar-refractivity contribution in [2.75, 3.05) is 11.9 Å². The molecule has 134 valence electrons. The summed E-state index contributed by atoms with van der Waals surface area (Å²) in [6, 6.07) is 1.81. The van der Waals surface area contributed by atoms with Gasteiger partial charge in [-0.25, -0.2) is 4.68 Å². The smallest absolute Gasteiger partial charge is 0.242 e. The zero-order valence-electron chi connectivity index (χ0n) is 15.0. The number of nitrogens with zero attached hydrogens (tertiary/aromatic N) is 6. The molecule has 2 aromatic heterocycles. The summed E-state index contributed by atoms with van der Waals surface area (Å²) in [5.74, 6) is 3.43. The van der Waals surface area contributed by atoms with Gasteiger partial charge >= 0.3 is 0 Å². The van der Waals surface area contributed by atoms with Crippen LogP contribution in [0.15, 0.2) is 12.3 Å². The fraction of sp³-hybridized carbons (Fsp3) is 0.647. The number of hydrogen-bond donors (Lipinski definition) is 1. The predicted molar refractivity (Wildman–Crippen MR) is 93.1 cm³/mol. The van der Waals surface area contributed by atoms with E-state index in [1.54, 1.807) is 6.20 Å². The Morgan fingerprint density at radius 1 is 1.24 bits per heavy atom. The number of anilines is 1. The maximum atomic E-state index is 12.7. The number of rotatable bonds is 5. The van der Waals surface area contributed by atoms with Gasteiger partial charge in [-0.1, -0.05) is 0 Å². The molecular weight excluding hydrogens is 318 g/mol. The number of carbonyl (C=O) groups is 1. The van der Waals surface area contributed by atoms with Crippen molar-refractivity contribution in [1.29, 1.82) is 0 Å². The lowest BCUT2D eigenvalue weighted by atomic mass is 10.2. The highest BCUT2D eigenvalue weighted by Gasteiger charge is 2.33. The molecule has 4 rings (SSSR count). The van der Waals surface area contributed by atoms with E-state index < -0.39 is 0 Å². The Bertz CT molecular complexity index is 774. The van der Waals surface area contributed by atoms with Crippen LogP contribution in [0.3, 0.4) is 0 Å². The molecule has 0 spiro atoms. The van der Waals surface area contributed by atoms with Gasteiger partial charge in [-0.2, -0.15) is 5.10 Å². The van der Waals surface area contributed by atoms with E-state index in [1.165, 1.54) is 12.8 Å². The van der Waals surface area contributed by atoms with Crippen molar-refractivity contribution < 1.29 is 4.79 Å². The number of hydrogen-bond acceptors (Lipinski definition) is 5. The van der Waals surface area contributed by atoms with Gasteiger partial charge in [-0.05, 0) is 33.6 Å². The third-order valence-electron chi connectivity index (χ3n) is 5.09. The number of amides is 1. The minimum absolute atomic E-state index is 0.0159. The van der Waals surface area contributed by atoms with E-state index in [1.807, 2.05) is 31.5 Å². The Morgan fingerprint density at radius 2 is 2.04 bits per heavy atom. The molecule has 1 saturated carbocycles. The topological polar surface area (TPSA) is 80.9 Å². The quantitative estimate of drug-likeness (QED) is 0.895. The summed E-state index contributed by atoms with van der Waals surface area (Å²) in [6.07, 6.45) is 4.16. The third-order valence-corrected chi connectivity index (χ3v) is 5.09. The van der Waals surface area contributed by atoms with Crippen LogP contribution in [0.5, 0.6) is 0 Å². The normalized spacial score (nSPS) is 19.0. The lowest BCUT2D eigenvalue weighted by molar-refractivity contribution is -0.121. The molecule has 1 aliphatic carbocycles. The summed E-state index contributed by atoms with van der Waals surface area (Å²) in [5, 5.41) is 16.0. The van der Waals surface area contributed by atoms with Crippen LogP contribution in [0.1, 0.15) is 57.2 Å². The molecule has 0 bridgehead atoms. The predicted octanol–water partition coefficient (Wildman–Crippen LogP) is 1.78. The zero-order chi connectivity index (χ0) is 17.6. The summed E-state index contributed by atoms with van der Waals surface area (Å²) in [7, 11) is 0. The van der Waals surface area contributed by atoms with Gasteiger partial charge in [0.25, 0.3) is 0 Å². The van der Waals surface area contributed by atoms with Gasteiger partial charge < -0.3 is 9.88 Å². The van der Waals surface area contributed by atoms with Crippen LogP contribution >= 0.6 is 0 Å². The van der Waals surface area contributed by atoms with Crippen LogP contribution in [0.25, 0.3) is 0 Å². The Kier molecular flexibility index (Phi) is 4.07. The largest absolute Gasteiger partial charge is 0.312 e. The fourth-order valence-electron chi connectivity index (χ4n) is 3.39. The Balaban J connectivity index is 1.43. The summed E-state index contributed by atoms with van der Waals surface area (Å²) in [6.45, 7) is 8.39. The van der Waals surface area contributed by atoms with Gasteiger partial charge in [0.1, 0.15) is 17.5 Å². The van der Waals surface area contributed by atoms with Gasteiger partial charge in [-0.3, -0.25) is 9.69 Å². The van der Waals surface area contributed by atoms with E-state index in [4.69, 9.17) is 0 Å². The average molecular weight is 343 g/mol. The minimum Gasteiger partial charge on any atom is -0.312 e. The fourth-order valence-corrected chi connectivity index (χ4v) is 3.39. The van der Waals surface area contributed by atoms with Crippen molar-refractivity contribution in [3.63, 3.8) is 0 Å². The summed E-state index contributed by atoms with van der Waals surface area (Å²) in [4.78, 5) is 14.8. The molecule has 0 unspecified atom stereocenters. The molecule has 0 radical (unpaired) electrons. The van der Waals surface area contributed by atoms with Crippen molar-refractivity contribution >= 4 is 11.7 Å². The van der Waals surface area contributed by atoms with Crippen molar-refractivity contribution in [2.45, 2.75) is 64.7 Å². The highest BCUT2D eigenvalue weighted by Crippen LogP contribution is 2.39. The molecule has 8 nitrogen and oxygen atoms in total. The molecule has 3 heterocycles. The van der Waals surface area contributed by atoms with E-state index in [0.29, 0.717) is 12.5 Å². The van der Waals surface area contributed by atoms with Crippen molar-refractivity contribution in [1.82, 2.24) is 29.4 Å². The van der Waals surface area contributed by atoms with Gasteiger partial charge in [-0.15, -0.1) is 10.2 Å².